The van der Waals surface area contributed by atoms with Crippen LogP contribution in [0.1, 0.15) is 42.5 Å². The first-order chi connectivity index (χ1) is 11.9. The average molecular weight is 362 g/mol. The molecule has 0 saturated heterocycles. The molecule has 0 fully saturated rings. The van der Waals surface area contributed by atoms with Gasteiger partial charge >= 0.3 is 0 Å². The molecule has 1 unspecified atom stereocenters. The molecule has 0 saturated carbocycles. The van der Waals surface area contributed by atoms with Crippen LogP contribution in [0.4, 0.5) is 0 Å². The summed E-state index contributed by atoms with van der Waals surface area (Å²) in [5.41, 5.74) is 3.05. The molecular formula is C19H26N2O3S. The fourth-order valence-electron chi connectivity index (χ4n) is 2.61. The van der Waals surface area contributed by atoms with E-state index in [4.69, 9.17) is 9.26 Å². The average Bonchev–Trinajstić information content (AvgIpc) is 2.91. The molecule has 2 rings (SSSR count). The third-order valence-corrected chi connectivity index (χ3v) is 5.08. The standard InChI is InChI=1S/C19H26N2O3S/c1-12(2)19(15-6-8-16(23-5)9-7-15)20-18(22)11-25-10-17-13(3)21-24-14(17)4/h6-9,12,19H,10-11H2,1-5H3,(H,20,22). The maximum atomic E-state index is 12.4. The molecule has 6 heteroatoms. The number of nitrogens with one attached hydrogen (secondary N) is 1. The minimum atomic E-state index is -0.0157. The molecule has 2 aromatic rings. The molecule has 0 radical (unpaired) electrons. The van der Waals surface area contributed by atoms with Crippen molar-refractivity contribution in [3.05, 3.63) is 46.8 Å². The predicted octanol–water partition coefficient (Wildman–Crippen LogP) is 4.05. The van der Waals surface area contributed by atoms with Crippen LogP contribution in [-0.2, 0) is 10.5 Å². The smallest absolute Gasteiger partial charge is 0.230 e. The Bertz CT molecular complexity index is 676. The number of aromatic nitrogens is 1. The van der Waals surface area contributed by atoms with Crippen molar-refractivity contribution in [2.24, 2.45) is 5.92 Å². The molecule has 0 spiro atoms. The summed E-state index contributed by atoms with van der Waals surface area (Å²) < 4.78 is 10.3. The number of hydrogen-bond donors (Lipinski definition) is 1. The number of nitrogens with zero attached hydrogens (tertiary/aromatic N) is 1. The first-order valence-corrected chi connectivity index (χ1v) is 9.50. The fraction of sp³-hybridized carbons (Fsp3) is 0.474. The van der Waals surface area contributed by atoms with E-state index in [1.54, 1.807) is 18.9 Å². The van der Waals surface area contributed by atoms with E-state index in [2.05, 4.69) is 24.3 Å². The summed E-state index contributed by atoms with van der Waals surface area (Å²) in [5.74, 6) is 3.10. The van der Waals surface area contributed by atoms with Crippen molar-refractivity contribution in [2.45, 2.75) is 39.5 Å². The van der Waals surface area contributed by atoms with E-state index in [9.17, 15) is 4.79 Å². The van der Waals surface area contributed by atoms with E-state index in [1.807, 2.05) is 38.1 Å². The Morgan fingerprint density at radius 2 is 1.96 bits per heavy atom. The predicted molar refractivity (Wildman–Crippen MR) is 101 cm³/mol. The van der Waals surface area contributed by atoms with Gasteiger partial charge in [-0.25, -0.2) is 0 Å². The van der Waals surface area contributed by atoms with Crippen LogP contribution in [0.3, 0.4) is 0 Å². The van der Waals surface area contributed by atoms with E-state index in [1.165, 1.54) is 0 Å². The van der Waals surface area contributed by atoms with Gasteiger partial charge in [0.1, 0.15) is 11.5 Å². The van der Waals surface area contributed by atoms with Crippen molar-refractivity contribution >= 4 is 17.7 Å². The minimum Gasteiger partial charge on any atom is -0.497 e. The molecule has 0 bridgehead atoms. The maximum absolute atomic E-state index is 12.4. The van der Waals surface area contributed by atoms with Crippen molar-refractivity contribution in [3.8, 4) is 5.75 Å². The third kappa shape index (κ3) is 5.26. The summed E-state index contributed by atoms with van der Waals surface area (Å²) in [5, 5.41) is 7.08. The molecule has 0 aliphatic carbocycles. The van der Waals surface area contributed by atoms with Crippen molar-refractivity contribution in [2.75, 3.05) is 12.9 Å². The second-order valence-electron chi connectivity index (χ2n) is 6.36. The molecule has 1 heterocycles. The van der Waals surface area contributed by atoms with Crippen LogP contribution < -0.4 is 10.1 Å². The second-order valence-corrected chi connectivity index (χ2v) is 7.34. The molecular weight excluding hydrogens is 336 g/mol. The number of thioether (sulfide) groups is 1. The number of carbonyl (C=O) groups excluding carboxylic acids is 1. The van der Waals surface area contributed by atoms with Gasteiger partial charge in [-0.15, -0.1) is 11.8 Å². The summed E-state index contributed by atoms with van der Waals surface area (Å²) >= 11 is 1.57. The number of ether oxygens (including phenoxy) is 1. The van der Waals surface area contributed by atoms with Crippen molar-refractivity contribution in [1.82, 2.24) is 10.5 Å². The van der Waals surface area contributed by atoms with Gasteiger partial charge in [0.25, 0.3) is 0 Å². The van der Waals surface area contributed by atoms with Crippen molar-refractivity contribution < 1.29 is 14.1 Å². The van der Waals surface area contributed by atoms with Crippen LogP contribution in [-0.4, -0.2) is 23.9 Å². The maximum Gasteiger partial charge on any atom is 0.230 e. The van der Waals surface area contributed by atoms with Gasteiger partial charge in [0.15, 0.2) is 0 Å². The molecule has 5 nitrogen and oxygen atoms in total. The van der Waals surface area contributed by atoms with Crippen LogP contribution in [0.2, 0.25) is 0 Å². The van der Waals surface area contributed by atoms with Gasteiger partial charge in [0, 0.05) is 11.3 Å². The van der Waals surface area contributed by atoms with Gasteiger partial charge in [-0.2, -0.15) is 0 Å². The number of methoxy groups -OCH3 is 1. The van der Waals surface area contributed by atoms with Crippen LogP contribution >= 0.6 is 11.8 Å². The lowest BCUT2D eigenvalue weighted by Crippen LogP contribution is -2.33. The second kappa shape index (κ2) is 8.94. The highest BCUT2D eigenvalue weighted by Crippen LogP contribution is 2.24. The lowest BCUT2D eigenvalue weighted by Gasteiger charge is -2.23. The Labute approximate surface area is 153 Å². The molecule has 1 aromatic carbocycles. The lowest BCUT2D eigenvalue weighted by atomic mass is 9.96. The zero-order valence-corrected chi connectivity index (χ0v) is 16.3. The van der Waals surface area contributed by atoms with Crippen LogP contribution in [0.5, 0.6) is 5.75 Å². The number of carbonyl (C=O) groups is 1. The Kier molecular flexibility index (Phi) is 6.93. The first-order valence-electron chi connectivity index (χ1n) is 8.35. The Hall–Kier alpha value is -1.95. The van der Waals surface area contributed by atoms with E-state index in [-0.39, 0.29) is 11.9 Å². The van der Waals surface area contributed by atoms with E-state index < -0.39 is 0 Å². The zero-order chi connectivity index (χ0) is 18.4. The van der Waals surface area contributed by atoms with Crippen molar-refractivity contribution in [1.29, 1.82) is 0 Å². The van der Waals surface area contributed by atoms with Gasteiger partial charge in [-0.1, -0.05) is 31.1 Å². The molecule has 1 atom stereocenters. The molecule has 1 N–H and O–H groups in total. The molecule has 136 valence electrons. The highest BCUT2D eigenvalue weighted by molar-refractivity contribution is 7.99. The number of rotatable bonds is 8. The number of hydrogen-bond acceptors (Lipinski definition) is 5. The van der Waals surface area contributed by atoms with Gasteiger partial charge < -0.3 is 14.6 Å². The molecule has 25 heavy (non-hydrogen) atoms. The summed E-state index contributed by atoms with van der Waals surface area (Å²) in [6.07, 6.45) is 0. The Morgan fingerprint density at radius 1 is 1.28 bits per heavy atom. The summed E-state index contributed by atoms with van der Waals surface area (Å²) in [6, 6.07) is 7.83. The van der Waals surface area contributed by atoms with Crippen molar-refractivity contribution in [3.63, 3.8) is 0 Å². The number of benzene rings is 1. The van der Waals surface area contributed by atoms with Gasteiger partial charge in [0.05, 0.1) is 24.6 Å². The van der Waals surface area contributed by atoms with E-state index in [0.717, 1.165) is 34.1 Å². The van der Waals surface area contributed by atoms with Gasteiger partial charge in [0.2, 0.25) is 5.91 Å². The molecule has 0 aliphatic heterocycles. The normalized spacial score (nSPS) is 12.2. The van der Waals surface area contributed by atoms with Crippen LogP contribution in [0.15, 0.2) is 28.8 Å². The summed E-state index contributed by atoms with van der Waals surface area (Å²) in [4.78, 5) is 12.4. The highest BCUT2D eigenvalue weighted by Gasteiger charge is 2.19. The van der Waals surface area contributed by atoms with Gasteiger partial charge in [-0.3, -0.25) is 4.79 Å². The summed E-state index contributed by atoms with van der Waals surface area (Å²) in [7, 11) is 1.65. The van der Waals surface area contributed by atoms with E-state index >= 15 is 0 Å². The topological polar surface area (TPSA) is 64.4 Å². The Balaban J connectivity index is 1.91. The monoisotopic (exact) mass is 362 g/mol. The zero-order valence-electron chi connectivity index (χ0n) is 15.5. The van der Waals surface area contributed by atoms with Crippen LogP contribution in [0, 0.1) is 19.8 Å². The fourth-order valence-corrected chi connectivity index (χ4v) is 3.60. The minimum absolute atomic E-state index is 0.0157. The lowest BCUT2D eigenvalue weighted by molar-refractivity contribution is -0.119. The van der Waals surface area contributed by atoms with Gasteiger partial charge in [-0.05, 0) is 37.5 Å². The van der Waals surface area contributed by atoms with E-state index in [0.29, 0.717) is 11.7 Å². The number of amides is 1. The molecule has 1 aromatic heterocycles. The third-order valence-electron chi connectivity index (χ3n) is 4.12. The molecule has 0 aliphatic rings. The number of aryl methyl sites for hydroxylation is 2. The Morgan fingerprint density at radius 3 is 2.48 bits per heavy atom. The SMILES string of the molecule is COc1ccc(C(NC(=O)CSCc2c(C)noc2C)C(C)C)cc1. The van der Waals surface area contributed by atoms with Crippen LogP contribution in [0.25, 0.3) is 0 Å². The summed E-state index contributed by atoms with van der Waals surface area (Å²) in [6.45, 7) is 8.03. The molecule has 1 amide bonds. The highest BCUT2D eigenvalue weighted by atomic mass is 32.2. The largest absolute Gasteiger partial charge is 0.497 e. The first kappa shape index (κ1) is 19.4. The quantitative estimate of drug-likeness (QED) is 0.767.